The predicted molar refractivity (Wildman–Crippen MR) is 108 cm³/mol. The van der Waals surface area contributed by atoms with Gasteiger partial charge in [-0.2, -0.15) is 0 Å². The highest BCUT2D eigenvalue weighted by Crippen LogP contribution is 2.30. The molecule has 0 atom stereocenters. The third kappa shape index (κ3) is 3.51. The van der Waals surface area contributed by atoms with Gasteiger partial charge in [0.15, 0.2) is 11.3 Å². The van der Waals surface area contributed by atoms with Gasteiger partial charge in [0, 0.05) is 11.0 Å². The van der Waals surface area contributed by atoms with Gasteiger partial charge in [-0.1, -0.05) is 22.4 Å². The molecule has 0 unspecified atom stereocenters. The first-order valence-corrected chi connectivity index (χ1v) is 9.93. The Kier molecular flexibility index (Phi) is 5.00. The number of halogens is 1. The highest BCUT2D eigenvalue weighted by atomic mass is 79.9. The van der Waals surface area contributed by atoms with Gasteiger partial charge in [-0.15, -0.1) is 0 Å². The Bertz CT molecular complexity index is 1010. The molecular weight excluding hydrogens is 394 g/mol. The Morgan fingerprint density at radius 3 is 2.73 bits per heavy atom. The number of likely N-dealkylation sites (tertiary alicyclic amines) is 1. The lowest BCUT2D eigenvalue weighted by molar-refractivity contribution is 0.183. The second-order valence-electron chi connectivity index (χ2n) is 6.96. The lowest BCUT2D eigenvalue weighted by Crippen LogP contribution is -2.33. The van der Waals surface area contributed by atoms with E-state index in [0.717, 1.165) is 29.7 Å². The Labute approximate surface area is 160 Å². The number of benzene rings is 2. The molecule has 0 saturated carbocycles. The zero-order valence-corrected chi connectivity index (χ0v) is 16.5. The van der Waals surface area contributed by atoms with Crippen LogP contribution in [-0.2, 0) is 0 Å². The van der Waals surface area contributed by atoms with E-state index in [9.17, 15) is 4.79 Å². The summed E-state index contributed by atoms with van der Waals surface area (Å²) in [6.45, 7) is 5.76. The molecule has 4 nitrogen and oxygen atoms in total. The molecule has 2 aromatic carbocycles. The highest BCUT2D eigenvalue weighted by molar-refractivity contribution is 9.10. The Morgan fingerprint density at radius 1 is 1.12 bits per heavy atom. The maximum absolute atomic E-state index is 12.9. The molecule has 3 aromatic rings. The van der Waals surface area contributed by atoms with Crippen LogP contribution in [0, 0.1) is 6.92 Å². The Balaban J connectivity index is 1.69. The minimum absolute atomic E-state index is 0.0154. The van der Waals surface area contributed by atoms with Crippen molar-refractivity contribution in [3.63, 3.8) is 0 Å². The summed E-state index contributed by atoms with van der Waals surface area (Å²) in [5.41, 5.74) is 2.08. The average Bonchev–Trinajstić information content (AvgIpc) is 2.63. The van der Waals surface area contributed by atoms with Crippen LogP contribution in [0.25, 0.3) is 21.9 Å². The van der Waals surface area contributed by atoms with Crippen molar-refractivity contribution in [3.05, 3.63) is 50.6 Å². The SMILES string of the molecule is Cc1cc(OCCN2CCCCC2)c2oc3cc(Br)ccc3c(=O)c2c1. The molecule has 26 heavy (non-hydrogen) atoms. The van der Waals surface area contributed by atoms with Gasteiger partial charge in [0.2, 0.25) is 5.43 Å². The largest absolute Gasteiger partial charge is 0.488 e. The molecule has 1 aliphatic rings. The van der Waals surface area contributed by atoms with E-state index in [-0.39, 0.29) is 5.43 Å². The van der Waals surface area contributed by atoms with Gasteiger partial charge in [-0.3, -0.25) is 9.69 Å². The maximum atomic E-state index is 12.9. The average molecular weight is 416 g/mol. The maximum Gasteiger partial charge on any atom is 0.200 e. The van der Waals surface area contributed by atoms with Gasteiger partial charge in [0.25, 0.3) is 0 Å². The summed E-state index contributed by atoms with van der Waals surface area (Å²) >= 11 is 3.44. The van der Waals surface area contributed by atoms with Crippen molar-refractivity contribution < 1.29 is 9.15 Å². The Hall–Kier alpha value is -1.85. The van der Waals surface area contributed by atoms with Crippen molar-refractivity contribution in [2.24, 2.45) is 0 Å². The topological polar surface area (TPSA) is 42.7 Å². The Morgan fingerprint density at radius 2 is 1.92 bits per heavy atom. The van der Waals surface area contributed by atoms with E-state index in [2.05, 4.69) is 20.8 Å². The first kappa shape index (κ1) is 17.6. The summed E-state index contributed by atoms with van der Waals surface area (Å²) in [7, 11) is 0. The van der Waals surface area contributed by atoms with E-state index in [1.807, 2.05) is 31.2 Å². The molecule has 1 fully saturated rings. The molecule has 1 saturated heterocycles. The number of ether oxygens (including phenoxy) is 1. The zero-order valence-electron chi connectivity index (χ0n) is 14.9. The summed E-state index contributed by atoms with van der Waals surface area (Å²) in [4.78, 5) is 15.3. The third-order valence-electron chi connectivity index (χ3n) is 4.96. The molecule has 0 amide bonds. The molecule has 0 bridgehead atoms. The molecular formula is C21H22BrNO3. The molecule has 136 valence electrons. The highest BCUT2D eigenvalue weighted by Gasteiger charge is 2.15. The quantitative estimate of drug-likeness (QED) is 0.569. The first-order valence-electron chi connectivity index (χ1n) is 9.14. The fourth-order valence-corrected chi connectivity index (χ4v) is 3.95. The van der Waals surface area contributed by atoms with Crippen LogP contribution in [0.1, 0.15) is 24.8 Å². The second kappa shape index (κ2) is 7.41. The van der Waals surface area contributed by atoms with Crippen LogP contribution in [-0.4, -0.2) is 31.1 Å². The molecule has 2 heterocycles. The van der Waals surface area contributed by atoms with Crippen LogP contribution >= 0.6 is 15.9 Å². The molecule has 0 N–H and O–H groups in total. The van der Waals surface area contributed by atoms with Crippen LogP contribution < -0.4 is 10.2 Å². The number of piperidine rings is 1. The number of nitrogens with zero attached hydrogens (tertiary/aromatic N) is 1. The molecule has 1 aromatic heterocycles. The third-order valence-corrected chi connectivity index (χ3v) is 5.45. The lowest BCUT2D eigenvalue weighted by atomic mass is 10.1. The summed E-state index contributed by atoms with van der Waals surface area (Å²) in [6, 6.07) is 9.31. The fraction of sp³-hybridized carbons (Fsp3) is 0.381. The summed E-state index contributed by atoms with van der Waals surface area (Å²) in [5, 5.41) is 1.17. The van der Waals surface area contributed by atoms with Gasteiger partial charge in [0.1, 0.15) is 12.2 Å². The van der Waals surface area contributed by atoms with E-state index in [0.29, 0.717) is 34.3 Å². The van der Waals surface area contributed by atoms with Crippen molar-refractivity contribution in [3.8, 4) is 5.75 Å². The molecule has 5 heteroatoms. The zero-order chi connectivity index (χ0) is 18.1. The van der Waals surface area contributed by atoms with Crippen molar-refractivity contribution >= 4 is 37.9 Å². The molecule has 1 aliphatic heterocycles. The van der Waals surface area contributed by atoms with Gasteiger partial charge < -0.3 is 9.15 Å². The minimum atomic E-state index is -0.0154. The first-order chi connectivity index (χ1) is 12.6. The number of aryl methyl sites for hydroxylation is 1. The van der Waals surface area contributed by atoms with Crippen molar-refractivity contribution in [2.45, 2.75) is 26.2 Å². The van der Waals surface area contributed by atoms with E-state index < -0.39 is 0 Å². The van der Waals surface area contributed by atoms with Gasteiger partial charge in [-0.05, 0) is 68.8 Å². The monoisotopic (exact) mass is 415 g/mol. The number of hydrogen-bond acceptors (Lipinski definition) is 4. The summed E-state index contributed by atoms with van der Waals surface area (Å²) in [6.07, 6.45) is 3.86. The standard InChI is InChI=1S/C21H22BrNO3/c1-14-11-17-20(24)16-6-5-15(22)13-18(16)26-21(17)19(12-14)25-10-9-23-7-3-2-4-8-23/h5-6,11-13H,2-4,7-10H2,1H3. The molecule has 0 spiro atoms. The second-order valence-corrected chi connectivity index (χ2v) is 7.88. The predicted octanol–water partition coefficient (Wildman–Crippen LogP) is 4.88. The summed E-state index contributed by atoms with van der Waals surface area (Å²) in [5.74, 6) is 0.649. The van der Waals surface area contributed by atoms with E-state index in [1.165, 1.54) is 19.3 Å². The molecule has 4 rings (SSSR count). The number of fused-ring (bicyclic) bond motifs is 2. The van der Waals surface area contributed by atoms with Crippen LogP contribution in [0.3, 0.4) is 0 Å². The van der Waals surface area contributed by atoms with Crippen LogP contribution in [0.2, 0.25) is 0 Å². The number of hydrogen-bond donors (Lipinski definition) is 0. The van der Waals surface area contributed by atoms with Crippen LogP contribution in [0.5, 0.6) is 5.75 Å². The van der Waals surface area contributed by atoms with Crippen molar-refractivity contribution in [2.75, 3.05) is 26.2 Å². The van der Waals surface area contributed by atoms with Crippen LogP contribution in [0.15, 0.2) is 44.0 Å². The molecule has 0 radical (unpaired) electrons. The van der Waals surface area contributed by atoms with Crippen molar-refractivity contribution in [1.82, 2.24) is 4.90 Å². The van der Waals surface area contributed by atoms with Gasteiger partial charge >= 0.3 is 0 Å². The van der Waals surface area contributed by atoms with Crippen molar-refractivity contribution in [1.29, 1.82) is 0 Å². The molecule has 0 aliphatic carbocycles. The smallest absolute Gasteiger partial charge is 0.200 e. The normalized spacial score (nSPS) is 15.6. The van der Waals surface area contributed by atoms with Crippen LogP contribution in [0.4, 0.5) is 0 Å². The summed E-state index contributed by atoms with van der Waals surface area (Å²) < 4.78 is 13.0. The van der Waals surface area contributed by atoms with Gasteiger partial charge in [0.05, 0.1) is 10.8 Å². The van der Waals surface area contributed by atoms with E-state index >= 15 is 0 Å². The fourth-order valence-electron chi connectivity index (χ4n) is 3.61. The van der Waals surface area contributed by atoms with Gasteiger partial charge in [-0.25, -0.2) is 0 Å². The minimum Gasteiger partial charge on any atom is -0.488 e. The number of rotatable bonds is 4. The van der Waals surface area contributed by atoms with E-state index in [1.54, 1.807) is 6.07 Å². The lowest BCUT2D eigenvalue weighted by Gasteiger charge is -2.26. The van der Waals surface area contributed by atoms with E-state index in [4.69, 9.17) is 9.15 Å².